The Labute approximate surface area is 109 Å². The molecule has 0 spiro atoms. The third kappa shape index (κ3) is 4.90. The number of benzene rings is 1. The molecule has 1 aromatic rings. The number of nitro benzene ring substituents is 1. The van der Waals surface area contributed by atoms with Crippen molar-refractivity contribution in [2.75, 3.05) is 5.32 Å². The molecule has 1 rings (SSSR count). The van der Waals surface area contributed by atoms with Crippen LogP contribution < -0.4 is 5.32 Å². The van der Waals surface area contributed by atoms with E-state index in [1.54, 1.807) is 6.92 Å². The Morgan fingerprint density at radius 3 is 2.79 bits per heavy atom. The Balaban J connectivity index is 2.57. The first kappa shape index (κ1) is 14.9. The number of aliphatic carboxylic acids is 1. The molecule has 0 bridgehead atoms. The van der Waals surface area contributed by atoms with Crippen LogP contribution >= 0.6 is 0 Å². The van der Waals surface area contributed by atoms with Gasteiger partial charge in [-0.3, -0.25) is 14.9 Å². The van der Waals surface area contributed by atoms with Crippen molar-refractivity contribution in [2.45, 2.75) is 32.2 Å². The van der Waals surface area contributed by atoms with Crippen LogP contribution in [0.4, 0.5) is 15.8 Å². The molecule has 2 N–H and O–H groups in total. The molecular weight excluding hydrogens is 255 g/mol. The number of nitrogens with one attached hydrogen (secondary N) is 1. The van der Waals surface area contributed by atoms with Gasteiger partial charge in [-0.05, 0) is 25.8 Å². The summed E-state index contributed by atoms with van der Waals surface area (Å²) in [5, 5.41) is 21.8. The standard InChI is InChI=1S/C12H15FN2O4/c1-8(3-2-4-12(16)17)14-11-6-5-9(15(18)19)7-10(11)13/h5-8,14H,2-4H2,1H3,(H,16,17). The third-order valence-electron chi connectivity index (χ3n) is 2.59. The van der Waals surface area contributed by atoms with Gasteiger partial charge in [0.1, 0.15) is 0 Å². The first-order valence-corrected chi connectivity index (χ1v) is 5.82. The monoisotopic (exact) mass is 270 g/mol. The van der Waals surface area contributed by atoms with Crippen LogP contribution in [0.15, 0.2) is 18.2 Å². The number of hydrogen-bond acceptors (Lipinski definition) is 4. The summed E-state index contributed by atoms with van der Waals surface area (Å²) < 4.78 is 13.6. The zero-order chi connectivity index (χ0) is 14.4. The van der Waals surface area contributed by atoms with Crippen molar-refractivity contribution in [2.24, 2.45) is 0 Å². The maximum Gasteiger partial charge on any atom is 0.303 e. The van der Waals surface area contributed by atoms with Gasteiger partial charge < -0.3 is 10.4 Å². The summed E-state index contributed by atoms with van der Waals surface area (Å²) in [6.07, 6.45) is 1.12. The number of hydrogen-bond donors (Lipinski definition) is 2. The molecule has 1 aromatic carbocycles. The normalized spacial score (nSPS) is 11.9. The molecule has 0 aliphatic rings. The van der Waals surface area contributed by atoms with Crippen LogP contribution in [0, 0.1) is 15.9 Å². The van der Waals surface area contributed by atoms with E-state index in [0.29, 0.717) is 12.8 Å². The van der Waals surface area contributed by atoms with Gasteiger partial charge >= 0.3 is 5.97 Å². The summed E-state index contributed by atoms with van der Waals surface area (Å²) >= 11 is 0. The van der Waals surface area contributed by atoms with Crippen molar-refractivity contribution in [3.8, 4) is 0 Å². The summed E-state index contributed by atoms with van der Waals surface area (Å²) in [7, 11) is 0. The first-order chi connectivity index (χ1) is 8.90. The highest BCUT2D eigenvalue weighted by Gasteiger charge is 2.12. The lowest BCUT2D eigenvalue weighted by molar-refractivity contribution is -0.385. The smallest absolute Gasteiger partial charge is 0.303 e. The molecule has 0 fully saturated rings. The molecule has 1 atom stereocenters. The van der Waals surface area contributed by atoms with Gasteiger partial charge in [0.05, 0.1) is 16.7 Å². The maximum absolute atomic E-state index is 13.6. The van der Waals surface area contributed by atoms with E-state index in [0.717, 1.165) is 6.07 Å². The number of non-ortho nitro benzene ring substituents is 1. The molecule has 7 heteroatoms. The topological polar surface area (TPSA) is 92.5 Å². The van der Waals surface area contributed by atoms with Crippen LogP contribution in [0.2, 0.25) is 0 Å². The van der Waals surface area contributed by atoms with E-state index in [1.165, 1.54) is 12.1 Å². The number of carbonyl (C=O) groups is 1. The lowest BCUT2D eigenvalue weighted by Crippen LogP contribution is -2.16. The second-order valence-corrected chi connectivity index (χ2v) is 4.25. The van der Waals surface area contributed by atoms with Crippen molar-refractivity contribution in [1.82, 2.24) is 0 Å². The van der Waals surface area contributed by atoms with Crippen LogP contribution in [-0.2, 0) is 4.79 Å². The second kappa shape index (κ2) is 6.67. The van der Waals surface area contributed by atoms with Gasteiger partial charge in [0.25, 0.3) is 5.69 Å². The summed E-state index contributed by atoms with van der Waals surface area (Å²) in [6, 6.07) is 3.26. The van der Waals surface area contributed by atoms with Gasteiger partial charge in [0.15, 0.2) is 5.82 Å². The minimum absolute atomic E-state index is 0.0642. The van der Waals surface area contributed by atoms with E-state index in [2.05, 4.69) is 5.32 Å². The zero-order valence-electron chi connectivity index (χ0n) is 10.4. The number of anilines is 1. The summed E-state index contributed by atoms with van der Waals surface area (Å²) in [5.74, 6) is -1.56. The number of carboxylic acids is 1. The summed E-state index contributed by atoms with van der Waals surface area (Å²) in [4.78, 5) is 20.1. The fourth-order valence-corrected chi connectivity index (χ4v) is 1.63. The summed E-state index contributed by atoms with van der Waals surface area (Å²) in [6.45, 7) is 1.79. The predicted molar refractivity (Wildman–Crippen MR) is 67.6 cm³/mol. The maximum atomic E-state index is 13.6. The van der Waals surface area contributed by atoms with Crippen molar-refractivity contribution >= 4 is 17.3 Å². The number of carboxylic acid groups (broad SMARTS) is 1. The number of rotatable bonds is 7. The van der Waals surface area contributed by atoms with Crippen molar-refractivity contribution in [3.63, 3.8) is 0 Å². The lowest BCUT2D eigenvalue weighted by Gasteiger charge is -2.15. The lowest BCUT2D eigenvalue weighted by atomic mass is 10.1. The Morgan fingerprint density at radius 1 is 1.58 bits per heavy atom. The molecule has 0 heterocycles. The average Bonchev–Trinajstić information content (AvgIpc) is 2.31. The van der Waals surface area contributed by atoms with Gasteiger partial charge in [-0.2, -0.15) is 0 Å². The van der Waals surface area contributed by atoms with Crippen molar-refractivity contribution < 1.29 is 19.2 Å². The number of halogens is 1. The second-order valence-electron chi connectivity index (χ2n) is 4.25. The van der Waals surface area contributed by atoms with Gasteiger partial charge in [0.2, 0.25) is 0 Å². The van der Waals surface area contributed by atoms with E-state index in [1.807, 2.05) is 0 Å². The number of nitrogens with zero attached hydrogens (tertiary/aromatic N) is 1. The summed E-state index contributed by atoms with van der Waals surface area (Å²) in [5.41, 5.74) is -0.130. The van der Waals surface area contributed by atoms with Crippen LogP contribution in [0.3, 0.4) is 0 Å². The Morgan fingerprint density at radius 2 is 2.26 bits per heavy atom. The fourth-order valence-electron chi connectivity index (χ4n) is 1.63. The minimum atomic E-state index is -0.867. The Kier molecular flexibility index (Phi) is 5.23. The molecule has 0 aliphatic carbocycles. The molecule has 6 nitrogen and oxygen atoms in total. The van der Waals surface area contributed by atoms with E-state index in [-0.39, 0.29) is 23.8 Å². The van der Waals surface area contributed by atoms with Crippen molar-refractivity contribution in [1.29, 1.82) is 0 Å². The van der Waals surface area contributed by atoms with E-state index >= 15 is 0 Å². The SMILES string of the molecule is CC(CCCC(=O)O)Nc1ccc([N+](=O)[O-])cc1F. The van der Waals surface area contributed by atoms with Crippen LogP contribution in [0.1, 0.15) is 26.2 Å². The molecule has 0 radical (unpaired) electrons. The average molecular weight is 270 g/mol. The van der Waals surface area contributed by atoms with Crippen LogP contribution in [0.25, 0.3) is 0 Å². The van der Waals surface area contributed by atoms with Gasteiger partial charge in [-0.1, -0.05) is 0 Å². The highest BCUT2D eigenvalue weighted by molar-refractivity contribution is 5.66. The molecule has 0 saturated carbocycles. The van der Waals surface area contributed by atoms with Crippen LogP contribution in [0.5, 0.6) is 0 Å². The molecule has 1 unspecified atom stereocenters. The van der Waals surface area contributed by atoms with Crippen LogP contribution in [-0.4, -0.2) is 22.0 Å². The molecule has 0 amide bonds. The molecule has 104 valence electrons. The van der Waals surface area contributed by atoms with E-state index in [4.69, 9.17) is 5.11 Å². The first-order valence-electron chi connectivity index (χ1n) is 5.82. The Hall–Kier alpha value is -2.18. The van der Waals surface area contributed by atoms with E-state index < -0.39 is 16.7 Å². The fraction of sp³-hybridized carbons (Fsp3) is 0.417. The predicted octanol–water partition coefficient (Wildman–Crippen LogP) is 2.79. The molecule has 0 saturated heterocycles. The Bertz CT molecular complexity index is 479. The molecule has 0 aromatic heterocycles. The third-order valence-corrected chi connectivity index (χ3v) is 2.59. The van der Waals surface area contributed by atoms with Gasteiger partial charge in [0, 0.05) is 18.5 Å². The van der Waals surface area contributed by atoms with Gasteiger partial charge in [-0.25, -0.2) is 4.39 Å². The molecule has 19 heavy (non-hydrogen) atoms. The highest BCUT2D eigenvalue weighted by Crippen LogP contribution is 2.21. The largest absolute Gasteiger partial charge is 0.481 e. The minimum Gasteiger partial charge on any atom is -0.481 e. The number of nitro groups is 1. The van der Waals surface area contributed by atoms with E-state index in [9.17, 15) is 19.3 Å². The van der Waals surface area contributed by atoms with Crippen molar-refractivity contribution in [3.05, 3.63) is 34.1 Å². The quantitative estimate of drug-likeness (QED) is 0.587. The molecule has 0 aliphatic heterocycles. The zero-order valence-corrected chi connectivity index (χ0v) is 10.4. The highest BCUT2D eigenvalue weighted by atomic mass is 19.1. The molecular formula is C12H15FN2O4. The van der Waals surface area contributed by atoms with Gasteiger partial charge in [-0.15, -0.1) is 0 Å².